The fourth-order valence-corrected chi connectivity index (χ4v) is 2.53. The number of nitrogen functional groups attached to an aromatic ring is 1. The van der Waals surface area contributed by atoms with Crippen molar-refractivity contribution in [1.82, 2.24) is 19.6 Å². The highest BCUT2D eigenvalue weighted by Gasteiger charge is 2.09. The number of hydrogen-bond donors (Lipinski definition) is 2. The normalized spacial score (nSPS) is 11.9. The van der Waals surface area contributed by atoms with E-state index in [1.54, 1.807) is 16.9 Å². The summed E-state index contributed by atoms with van der Waals surface area (Å²) in [6, 6.07) is 5.18. The number of primary sulfonamides is 1. The predicted octanol–water partition coefficient (Wildman–Crippen LogP) is -0.0553. The number of pyridine rings is 2. The highest BCUT2D eigenvalue weighted by molar-refractivity contribution is 7.89. The molecule has 4 N–H and O–H groups in total. The third-order valence-electron chi connectivity index (χ3n) is 2.92. The molecule has 3 aromatic heterocycles. The van der Waals surface area contributed by atoms with Crippen molar-refractivity contribution in [2.24, 2.45) is 5.14 Å². The zero-order valence-corrected chi connectivity index (χ0v) is 11.7. The topological polar surface area (TPSA) is 129 Å². The van der Waals surface area contributed by atoms with Gasteiger partial charge < -0.3 is 5.73 Å². The van der Waals surface area contributed by atoms with Crippen molar-refractivity contribution in [3.05, 3.63) is 47.9 Å². The first-order valence-corrected chi connectivity index (χ1v) is 7.54. The van der Waals surface area contributed by atoms with Gasteiger partial charge in [0.2, 0.25) is 16.0 Å². The predicted molar refractivity (Wildman–Crippen MR) is 75.8 cm³/mol. The van der Waals surface area contributed by atoms with Gasteiger partial charge in [-0.15, -0.1) is 5.10 Å². The zero-order valence-electron chi connectivity index (χ0n) is 10.8. The zero-order chi connectivity index (χ0) is 15.0. The van der Waals surface area contributed by atoms with Crippen molar-refractivity contribution in [1.29, 1.82) is 0 Å². The Labute approximate surface area is 120 Å². The van der Waals surface area contributed by atoms with Crippen molar-refractivity contribution in [2.75, 3.05) is 5.73 Å². The molecule has 3 aromatic rings. The third kappa shape index (κ3) is 2.83. The Morgan fingerprint density at radius 2 is 2.00 bits per heavy atom. The summed E-state index contributed by atoms with van der Waals surface area (Å²) in [6.07, 6.45) is 5.06. The summed E-state index contributed by atoms with van der Waals surface area (Å²) in [5.74, 6) is 0.199. The Bertz CT molecular complexity index is 918. The Morgan fingerprint density at radius 1 is 1.19 bits per heavy atom. The van der Waals surface area contributed by atoms with E-state index in [9.17, 15) is 8.42 Å². The van der Waals surface area contributed by atoms with E-state index in [2.05, 4.69) is 15.1 Å². The number of aromatic nitrogens is 4. The van der Waals surface area contributed by atoms with Crippen LogP contribution in [0.4, 0.5) is 5.95 Å². The van der Waals surface area contributed by atoms with Gasteiger partial charge in [0.1, 0.15) is 4.90 Å². The van der Waals surface area contributed by atoms with Crippen LogP contribution in [0.5, 0.6) is 0 Å². The lowest BCUT2D eigenvalue weighted by Crippen LogP contribution is -2.12. The molecule has 0 fully saturated rings. The lowest BCUT2D eigenvalue weighted by Gasteiger charge is -2.04. The maximum Gasteiger partial charge on any atom is 0.240 e. The number of nitrogens with zero attached hydrogens (tertiary/aromatic N) is 4. The van der Waals surface area contributed by atoms with Crippen LogP contribution < -0.4 is 10.9 Å². The molecule has 3 rings (SSSR count). The van der Waals surface area contributed by atoms with Gasteiger partial charge in [0.25, 0.3) is 0 Å². The largest absolute Gasteiger partial charge is 0.366 e. The molecule has 0 unspecified atom stereocenters. The lowest BCUT2D eigenvalue weighted by molar-refractivity contribution is 0.597. The molecule has 0 aliphatic heterocycles. The highest BCUT2D eigenvalue weighted by Crippen LogP contribution is 2.14. The average molecular weight is 304 g/mol. The van der Waals surface area contributed by atoms with E-state index in [4.69, 9.17) is 10.9 Å². The second-order valence-corrected chi connectivity index (χ2v) is 6.12. The minimum atomic E-state index is -3.75. The van der Waals surface area contributed by atoms with E-state index in [0.29, 0.717) is 12.1 Å². The molecule has 0 aromatic carbocycles. The van der Waals surface area contributed by atoms with Crippen molar-refractivity contribution in [3.63, 3.8) is 0 Å². The van der Waals surface area contributed by atoms with E-state index < -0.39 is 10.0 Å². The molecule has 0 spiro atoms. The minimum absolute atomic E-state index is 0.00667. The van der Waals surface area contributed by atoms with Crippen LogP contribution in [-0.2, 0) is 16.4 Å². The molecule has 0 bridgehead atoms. The van der Waals surface area contributed by atoms with Gasteiger partial charge in [-0.2, -0.15) is 4.98 Å². The van der Waals surface area contributed by atoms with Crippen molar-refractivity contribution in [2.45, 2.75) is 11.3 Å². The molecule has 8 nitrogen and oxygen atoms in total. The van der Waals surface area contributed by atoms with Crippen molar-refractivity contribution < 1.29 is 8.42 Å². The summed E-state index contributed by atoms with van der Waals surface area (Å²) in [7, 11) is -3.75. The first-order valence-electron chi connectivity index (χ1n) is 5.99. The van der Waals surface area contributed by atoms with Gasteiger partial charge in [-0.3, -0.25) is 4.98 Å². The first-order chi connectivity index (χ1) is 9.91. The molecule has 3 heterocycles. The number of rotatable bonds is 3. The standard InChI is InChI=1S/C12H12N6O2S/c13-12-16-11-5-8(1-2-18(11)17-12)3-9-4-10(7-15-6-9)21(14,19)20/h1-2,4-7H,3H2,(H2,13,17)(H2,14,19,20). The fraction of sp³-hybridized carbons (Fsp3) is 0.0833. The molecule has 0 aliphatic rings. The average Bonchev–Trinajstić information content (AvgIpc) is 2.77. The van der Waals surface area contributed by atoms with Gasteiger partial charge in [-0.05, 0) is 35.7 Å². The lowest BCUT2D eigenvalue weighted by atomic mass is 10.1. The molecule has 108 valence electrons. The summed E-state index contributed by atoms with van der Waals surface area (Å²) >= 11 is 0. The van der Waals surface area contributed by atoms with Crippen LogP contribution in [0.25, 0.3) is 5.65 Å². The van der Waals surface area contributed by atoms with E-state index in [-0.39, 0.29) is 10.8 Å². The van der Waals surface area contributed by atoms with Crippen LogP contribution in [0, 0.1) is 0 Å². The minimum Gasteiger partial charge on any atom is -0.366 e. The monoisotopic (exact) mass is 304 g/mol. The van der Waals surface area contributed by atoms with Gasteiger partial charge in [0.15, 0.2) is 5.65 Å². The number of anilines is 1. The Balaban J connectivity index is 1.94. The number of sulfonamides is 1. The number of fused-ring (bicyclic) bond motifs is 1. The molecule has 21 heavy (non-hydrogen) atoms. The second kappa shape index (κ2) is 4.79. The van der Waals surface area contributed by atoms with Crippen LogP contribution in [-0.4, -0.2) is 28.0 Å². The summed E-state index contributed by atoms with van der Waals surface area (Å²) in [4.78, 5) is 7.97. The molecule has 0 radical (unpaired) electrons. The molecular formula is C12H12N6O2S. The van der Waals surface area contributed by atoms with Crippen molar-refractivity contribution >= 4 is 21.6 Å². The van der Waals surface area contributed by atoms with Gasteiger partial charge in [-0.1, -0.05) is 0 Å². The quantitative estimate of drug-likeness (QED) is 0.697. The van der Waals surface area contributed by atoms with E-state index in [1.165, 1.54) is 12.3 Å². The van der Waals surface area contributed by atoms with Crippen LogP contribution in [0.3, 0.4) is 0 Å². The Hall–Kier alpha value is -2.52. The summed E-state index contributed by atoms with van der Waals surface area (Å²) in [5.41, 5.74) is 7.82. The number of hydrogen-bond acceptors (Lipinski definition) is 6. The summed E-state index contributed by atoms with van der Waals surface area (Å²) in [5, 5.41) is 9.08. The summed E-state index contributed by atoms with van der Waals surface area (Å²) < 4.78 is 24.2. The first kappa shape index (κ1) is 13.5. The molecule has 0 atom stereocenters. The Morgan fingerprint density at radius 3 is 2.76 bits per heavy atom. The molecule has 0 saturated heterocycles. The van der Waals surface area contributed by atoms with Crippen LogP contribution in [0.2, 0.25) is 0 Å². The molecule has 0 amide bonds. The smallest absolute Gasteiger partial charge is 0.240 e. The van der Waals surface area contributed by atoms with Gasteiger partial charge >= 0.3 is 0 Å². The van der Waals surface area contributed by atoms with Gasteiger partial charge in [-0.25, -0.2) is 18.1 Å². The third-order valence-corrected chi connectivity index (χ3v) is 3.81. The highest BCUT2D eigenvalue weighted by atomic mass is 32.2. The molecular weight excluding hydrogens is 292 g/mol. The molecule has 0 aliphatic carbocycles. The van der Waals surface area contributed by atoms with Crippen molar-refractivity contribution in [3.8, 4) is 0 Å². The van der Waals surface area contributed by atoms with Crippen LogP contribution >= 0.6 is 0 Å². The van der Waals surface area contributed by atoms with E-state index in [1.807, 2.05) is 12.1 Å². The maximum absolute atomic E-state index is 11.3. The Kier molecular flexibility index (Phi) is 3.07. The van der Waals surface area contributed by atoms with Gasteiger partial charge in [0, 0.05) is 18.6 Å². The van der Waals surface area contributed by atoms with Crippen LogP contribution in [0.1, 0.15) is 11.1 Å². The molecule has 9 heteroatoms. The van der Waals surface area contributed by atoms with E-state index >= 15 is 0 Å². The second-order valence-electron chi connectivity index (χ2n) is 4.56. The van der Waals surface area contributed by atoms with Crippen LogP contribution in [0.15, 0.2) is 41.7 Å². The van der Waals surface area contributed by atoms with E-state index in [0.717, 1.165) is 11.1 Å². The SMILES string of the molecule is Nc1nc2cc(Cc3cncc(S(N)(=O)=O)c3)ccn2n1. The fourth-order valence-electron chi connectivity index (χ4n) is 2.00. The van der Waals surface area contributed by atoms with Gasteiger partial charge in [0.05, 0.1) is 0 Å². The summed E-state index contributed by atoms with van der Waals surface area (Å²) in [6.45, 7) is 0. The molecule has 0 saturated carbocycles. The number of nitrogens with two attached hydrogens (primary N) is 2. The maximum atomic E-state index is 11.3.